The zero-order valence-corrected chi connectivity index (χ0v) is 11.7. The van der Waals surface area contributed by atoms with Crippen molar-refractivity contribution in [1.29, 1.82) is 0 Å². The van der Waals surface area contributed by atoms with Crippen LogP contribution < -0.4 is 4.74 Å². The Morgan fingerprint density at radius 3 is 2.74 bits per heavy atom. The van der Waals surface area contributed by atoms with Crippen molar-refractivity contribution in [2.45, 2.75) is 33.6 Å². The standard InChI is InChI=1S/C15H19N3O/c1-4-6-12-7-8-16-15(18-12)14-10-13(19-5-2)9-11(3)17-14/h7-10H,4-6H2,1-3H3. The first-order chi connectivity index (χ1) is 9.22. The lowest BCUT2D eigenvalue weighted by Crippen LogP contribution is -1.99. The third-order valence-corrected chi connectivity index (χ3v) is 2.69. The van der Waals surface area contributed by atoms with Gasteiger partial charge in [-0.2, -0.15) is 0 Å². The van der Waals surface area contributed by atoms with Crippen molar-refractivity contribution in [3.05, 3.63) is 35.8 Å². The van der Waals surface area contributed by atoms with Crippen LogP contribution in [0.3, 0.4) is 0 Å². The molecule has 2 rings (SSSR count). The molecule has 2 aromatic rings. The molecule has 0 aliphatic heterocycles. The Bertz CT molecular complexity index is 555. The molecule has 0 N–H and O–H groups in total. The van der Waals surface area contributed by atoms with E-state index in [-0.39, 0.29) is 0 Å². The lowest BCUT2D eigenvalue weighted by atomic mass is 10.2. The van der Waals surface area contributed by atoms with Crippen molar-refractivity contribution in [2.24, 2.45) is 0 Å². The van der Waals surface area contributed by atoms with Gasteiger partial charge in [0.2, 0.25) is 0 Å². The topological polar surface area (TPSA) is 47.9 Å². The number of pyridine rings is 1. The van der Waals surface area contributed by atoms with E-state index in [9.17, 15) is 0 Å². The van der Waals surface area contributed by atoms with E-state index in [0.29, 0.717) is 12.4 Å². The molecule has 0 aliphatic carbocycles. The molecule has 2 aromatic heterocycles. The average molecular weight is 257 g/mol. The second-order valence-corrected chi connectivity index (χ2v) is 4.38. The van der Waals surface area contributed by atoms with E-state index < -0.39 is 0 Å². The van der Waals surface area contributed by atoms with Gasteiger partial charge in [0.25, 0.3) is 0 Å². The summed E-state index contributed by atoms with van der Waals surface area (Å²) in [5.74, 6) is 1.48. The largest absolute Gasteiger partial charge is 0.494 e. The van der Waals surface area contributed by atoms with Gasteiger partial charge in [-0.15, -0.1) is 0 Å². The summed E-state index contributed by atoms with van der Waals surface area (Å²) in [7, 11) is 0. The van der Waals surface area contributed by atoms with Crippen LogP contribution in [0.2, 0.25) is 0 Å². The molecule has 19 heavy (non-hydrogen) atoms. The molecule has 0 aromatic carbocycles. The predicted molar refractivity (Wildman–Crippen MR) is 75.2 cm³/mol. The highest BCUT2D eigenvalue weighted by molar-refractivity contribution is 5.52. The van der Waals surface area contributed by atoms with Crippen molar-refractivity contribution < 1.29 is 4.74 Å². The van der Waals surface area contributed by atoms with E-state index in [0.717, 1.165) is 35.7 Å². The van der Waals surface area contributed by atoms with Crippen LogP contribution in [-0.4, -0.2) is 21.6 Å². The quantitative estimate of drug-likeness (QED) is 0.825. The zero-order valence-electron chi connectivity index (χ0n) is 11.7. The number of nitrogens with zero attached hydrogens (tertiary/aromatic N) is 3. The minimum atomic E-state index is 0.639. The molecule has 2 heterocycles. The van der Waals surface area contributed by atoms with Gasteiger partial charge in [0.15, 0.2) is 5.82 Å². The van der Waals surface area contributed by atoms with Gasteiger partial charge in [0.05, 0.1) is 6.61 Å². The van der Waals surface area contributed by atoms with Crippen LogP contribution >= 0.6 is 0 Å². The normalized spacial score (nSPS) is 10.5. The third-order valence-electron chi connectivity index (χ3n) is 2.69. The highest BCUT2D eigenvalue weighted by Gasteiger charge is 2.07. The van der Waals surface area contributed by atoms with Gasteiger partial charge in [-0.1, -0.05) is 13.3 Å². The minimum absolute atomic E-state index is 0.639. The van der Waals surface area contributed by atoms with Gasteiger partial charge < -0.3 is 4.74 Å². The van der Waals surface area contributed by atoms with Gasteiger partial charge in [-0.05, 0) is 26.3 Å². The molecule has 4 heteroatoms. The molecule has 0 amide bonds. The van der Waals surface area contributed by atoms with Crippen molar-refractivity contribution >= 4 is 0 Å². The van der Waals surface area contributed by atoms with Crippen LogP contribution in [0, 0.1) is 6.92 Å². The SMILES string of the molecule is CCCc1ccnc(-c2cc(OCC)cc(C)n2)n1. The summed E-state index contributed by atoms with van der Waals surface area (Å²) in [6, 6.07) is 5.76. The minimum Gasteiger partial charge on any atom is -0.494 e. The molecule has 0 saturated heterocycles. The molecule has 0 aliphatic rings. The molecule has 0 atom stereocenters. The van der Waals surface area contributed by atoms with Crippen LogP contribution in [0.4, 0.5) is 0 Å². The third kappa shape index (κ3) is 3.50. The fraction of sp³-hybridized carbons (Fsp3) is 0.400. The molecule has 0 bridgehead atoms. The van der Waals surface area contributed by atoms with Crippen molar-refractivity contribution in [3.8, 4) is 17.3 Å². The van der Waals surface area contributed by atoms with Crippen LogP contribution in [0.25, 0.3) is 11.5 Å². The first-order valence-corrected chi connectivity index (χ1v) is 6.66. The molecule has 0 fully saturated rings. The summed E-state index contributed by atoms with van der Waals surface area (Å²) < 4.78 is 5.53. The highest BCUT2D eigenvalue weighted by Crippen LogP contribution is 2.20. The number of aryl methyl sites for hydroxylation is 2. The number of aromatic nitrogens is 3. The highest BCUT2D eigenvalue weighted by atomic mass is 16.5. The van der Waals surface area contributed by atoms with E-state index in [4.69, 9.17) is 4.74 Å². The van der Waals surface area contributed by atoms with Gasteiger partial charge in [-0.3, -0.25) is 0 Å². The van der Waals surface area contributed by atoms with Crippen LogP contribution in [0.15, 0.2) is 24.4 Å². The number of hydrogen-bond donors (Lipinski definition) is 0. The monoisotopic (exact) mass is 257 g/mol. The van der Waals surface area contributed by atoms with Crippen molar-refractivity contribution in [2.75, 3.05) is 6.61 Å². The van der Waals surface area contributed by atoms with Gasteiger partial charge >= 0.3 is 0 Å². The molecule has 0 unspecified atom stereocenters. The number of rotatable bonds is 5. The van der Waals surface area contributed by atoms with E-state index in [2.05, 4.69) is 21.9 Å². The summed E-state index contributed by atoms with van der Waals surface area (Å²) >= 11 is 0. The average Bonchev–Trinajstić information content (AvgIpc) is 2.39. The lowest BCUT2D eigenvalue weighted by molar-refractivity contribution is 0.339. The maximum atomic E-state index is 5.53. The molecule has 0 radical (unpaired) electrons. The van der Waals surface area contributed by atoms with E-state index in [1.165, 1.54) is 0 Å². The Morgan fingerprint density at radius 1 is 1.16 bits per heavy atom. The lowest BCUT2D eigenvalue weighted by Gasteiger charge is -2.07. The van der Waals surface area contributed by atoms with E-state index in [1.807, 2.05) is 32.0 Å². The first-order valence-electron chi connectivity index (χ1n) is 6.66. The van der Waals surface area contributed by atoms with Crippen molar-refractivity contribution in [1.82, 2.24) is 15.0 Å². The van der Waals surface area contributed by atoms with E-state index >= 15 is 0 Å². The van der Waals surface area contributed by atoms with Gasteiger partial charge in [0.1, 0.15) is 11.4 Å². The predicted octanol–water partition coefficient (Wildman–Crippen LogP) is 3.20. The molecule has 0 saturated carbocycles. The molecular formula is C15H19N3O. The zero-order chi connectivity index (χ0) is 13.7. The molecular weight excluding hydrogens is 238 g/mol. The summed E-state index contributed by atoms with van der Waals surface area (Å²) in [4.78, 5) is 13.3. The van der Waals surface area contributed by atoms with Crippen LogP contribution in [0.1, 0.15) is 31.7 Å². The first kappa shape index (κ1) is 13.5. The Morgan fingerprint density at radius 2 is 2.00 bits per heavy atom. The fourth-order valence-corrected chi connectivity index (χ4v) is 1.92. The van der Waals surface area contributed by atoms with Crippen molar-refractivity contribution in [3.63, 3.8) is 0 Å². The fourth-order valence-electron chi connectivity index (χ4n) is 1.92. The van der Waals surface area contributed by atoms with Crippen LogP contribution in [-0.2, 0) is 6.42 Å². The molecule has 0 spiro atoms. The Hall–Kier alpha value is -1.97. The van der Waals surface area contributed by atoms with Gasteiger partial charge in [-0.25, -0.2) is 15.0 Å². The van der Waals surface area contributed by atoms with E-state index in [1.54, 1.807) is 6.20 Å². The second kappa shape index (κ2) is 6.27. The molecule has 100 valence electrons. The Labute approximate surface area is 113 Å². The van der Waals surface area contributed by atoms with Gasteiger partial charge in [0, 0.05) is 29.7 Å². The summed E-state index contributed by atoms with van der Waals surface area (Å²) in [6.07, 6.45) is 3.82. The van der Waals surface area contributed by atoms with Crippen LogP contribution in [0.5, 0.6) is 5.75 Å². The second-order valence-electron chi connectivity index (χ2n) is 4.38. The maximum absolute atomic E-state index is 5.53. The number of hydrogen-bond acceptors (Lipinski definition) is 4. The maximum Gasteiger partial charge on any atom is 0.178 e. The Balaban J connectivity index is 2.37. The Kier molecular flexibility index (Phi) is 4.44. The molecule has 4 nitrogen and oxygen atoms in total. The summed E-state index contributed by atoms with van der Waals surface area (Å²) in [5, 5.41) is 0. The smallest absolute Gasteiger partial charge is 0.178 e. The number of ether oxygens (including phenoxy) is 1. The summed E-state index contributed by atoms with van der Waals surface area (Å²) in [5.41, 5.74) is 2.72. The summed E-state index contributed by atoms with van der Waals surface area (Å²) in [6.45, 7) is 6.69.